The molecule has 0 aromatic heterocycles. The second kappa shape index (κ2) is 6.29. The molecule has 0 saturated heterocycles. The van der Waals surface area contributed by atoms with Crippen LogP contribution < -0.4 is 4.90 Å². The van der Waals surface area contributed by atoms with E-state index in [1.807, 2.05) is 17.0 Å². The third-order valence-corrected chi connectivity index (χ3v) is 2.98. The van der Waals surface area contributed by atoms with Gasteiger partial charge >= 0.3 is 5.97 Å². The predicted octanol–water partition coefficient (Wildman–Crippen LogP) is 2.90. The zero-order valence-corrected chi connectivity index (χ0v) is 11.8. The van der Waals surface area contributed by atoms with Crippen LogP contribution in [0.1, 0.15) is 32.8 Å². The lowest BCUT2D eigenvalue weighted by molar-refractivity contribution is -0.136. The maximum absolute atomic E-state index is 10.6. The summed E-state index contributed by atoms with van der Waals surface area (Å²) in [5.41, 5.74) is 2.32. The number of carboxylic acids is 1. The molecule has 0 spiro atoms. The number of rotatable bonds is 5. The molecule has 102 valence electrons. The van der Waals surface area contributed by atoms with Gasteiger partial charge in [0.15, 0.2) is 0 Å². The van der Waals surface area contributed by atoms with E-state index in [2.05, 4.69) is 38.8 Å². The molecule has 0 aliphatic heterocycles. The highest BCUT2D eigenvalue weighted by Gasteiger charge is 2.14. The van der Waals surface area contributed by atoms with Crippen LogP contribution in [-0.4, -0.2) is 24.2 Å². The minimum atomic E-state index is -0.812. The summed E-state index contributed by atoms with van der Waals surface area (Å²) in [6, 6.07) is 8.14. The largest absolute Gasteiger partial charge is 0.481 e. The summed E-state index contributed by atoms with van der Waals surface area (Å²) in [6.07, 6.45) is 5.42. The molecular formula is C16H21NO2. The lowest BCUT2D eigenvalue weighted by atomic mass is 9.87. The Bertz CT molecular complexity index is 463. The number of carbonyl (C=O) groups is 1. The van der Waals surface area contributed by atoms with Gasteiger partial charge in [0, 0.05) is 12.2 Å². The molecule has 0 radical (unpaired) electrons. The van der Waals surface area contributed by atoms with Crippen molar-refractivity contribution in [2.45, 2.75) is 32.6 Å². The van der Waals surface area contributed by atoms with Gasteiger partial charge < -0.3 is 10.0 Å². The lowest BCUT2D eigenvalue weighted by Gasteiger charge is -2.24. The molecule has 0 aliphatic carbocycles. The van der Waals surface area contributed by atoms with Gasteiger partial charge in [-0.1, -0.05) is 38.8 Å². The summed E-state index contributed by atoms with van der Waals surface area (Å²) in [6.45, 7) is 7.32. The van der Waals surface area contributed by atoms with Crippen LogP contribution in [0.15, 0.2) is 24.3 Å². The second-order valence-electron chi connectivity index (χ2n) is 5.57. The normalized spacial score (nSPS) is 10.8. The van der Waals surface area contributed by atoms with Gasteiger partial charge in [-0.2, -0.15) is 0 Å². The molecule has 0 fully saturated rings. The number of nitrogens with zero attached hydrogens (tertiary/aromatic N) is 1. The Morgan fingerprint density at radius 1 is 1.32 bits per heavy atom. The SMILES string of the molecule is C#CCN(CCC(=O)O)c1ccc(C(C)(C)C)cc1. The third kappa shape index (κ3) is 4.67. The minimum absolute atomic E-state index is 0.0860. The van der Waals surface area contributed by atoms with E-state index < -0.39 is 5.97 Å². The van der Waals surface area contributed by atoms with E-state index in [1.165, 1.54) is 5.56 Å². The molecule has 19 heavy (non-hydrogen) atoms. The molecule has 1 N–H and O–H groups in total. The first kappa shape index (κ1) is 15.1. The van der Waals surface area contributed by atoms with Crippen molar-refractivity contribution in [1.82, 2.24) is 0 Å². The summed E-state index contributed by atoms with van der Waals surface area (Å²) in [4.78, 5) is 12.5. The molecule has 3 heteroatoms. The van der Waals surface area contributed by atoms with Crippen LogP contribution in [0.3, 0.4) is 0 Å². The minimum Gasteiger partial charge on any atom is -0.481 e. The van der Waals surface area contributed by atoms with E-state index in [9.17, 15) is 4.79 Å². The fourth-order valence-corrected chi connectivity index (χ4v) is 1.81. The topological polar surface area (TPSA) is 40.5 Å². The molecule has 0 bridgehead atoms. The van der Waals surface area contributed by atoms with E-state index in [-0.39, 0.29) is 11.8 Å². The predicted molar refractivity (Wildman–Crippen MR) is 78.4 cm³/mol. The molecule has 0 atom stereocenters. The first-order valence-electron chi connectivity index (χ1n) is 6.35. The zero-order valence-electron chi connectivity index (χ0n) is 11.8. The molecule has 1 aromatic carbocycles. The Kier molecular flexibility index (Phi) is 5.00. The zero-order chi connectivity index (χ0) is 14.5. The number of anilines is 1. The number of carboxylic acid groups (broad SMARTS) is 1. The van der Waals surface area contributed by atoms with Crippen molar-refractivity contribution in [3.05, 3.63) is 29.8 Å². The quantitative estimate of drug-likeness (QED) is 0.827. The number of benzene rings is 1. The standard InChI is InChI=1S/C16H21NO2/c1-5-11-17(12-10-15(18)19)14-8-6-13(7-9-14)16(2,3)4/h1,6-9H,10-12H2,2-4H3,(H,18,19). The molecule has 0 saturated carbocycles. The van der Waals surface area contributed by atoms with Crippen LogP contribution in [0.5, 0.6) is 0 Å². The van der Waals surface area contributed by atoms with Crippen LogP contribution in [-0.2, 0) is 10.2 Å². The molecule has 0 amide bonds. The summed E-state index contributed by atoms with van der Waals surface area (Å²) < 4.78 is 0. The number of terminal acetylenes is 1. The second-order valence-corrected chi connectivity index (χ2v) is 5.57. The van der Waals surface area contributed by atoms with E-state index in [0.29, 0.717) is 13.1 Å². The van der Waals surface area contributed by atoms with Crippen molar-refractivity contribution in [3.63, 3.8) is 0 Å². The van der Waals surface area contributed by atoms with Crippen molar-refractivity contribution in [2.24, 2.45) is 0 Å². The molecule has 0 aliphatic rings. The number of hydrogen-bond acceptors (Lipinski definition) is 2. The Hall–Kier alpha value is -1.95. The number of hydrogen-bond donors (Lipinski definition) is 1. The van der Waals surface area contributed by atoms with E-state index >= 15 is 0 Å². The summed E-state index contributed by atoms with van der Waals surface area (Å²) in [5.74, 6) is 1.76. The van der Waals surface area contributed by atoms with Gasteiger partial charge in [0.25, 0.3) is 0 Å². The summed E-state index contributed by atoms with van der Waals surface area (Å²) in [7, 11) is 0. The molecule has 0 heterocycles. The van der Waals surface area contributed by atoms with E-state index in [0.717, 1.165) is 5.69 Å². The lowest BCUT2D eigenvalue weighted by Crippen LogP contribution is -2.26. The average molecular weight is 259 g/mol. The Balaban J connectivity index is 2.85. The smallest absolute Gasteiger partial charge is 0.305 e. The van der Waals surface area contributed by atoms with Crippen LogP contribution in [0.4, 0.5) is 5.69 Å². The van der Waals surface area contributed by atoms with E-state index in [4.69, 9.17) is 11.5 Å². The molecule has 0 unspecified atom stereocenters. The van der Waals surface area contributed by atoms with Crippen LogP contribution in [0, 0.1) is 12.3 Å². The maximum atomic E-state index is 10.6. The fourth-order valence-electron chi connectivity index (χ4n) is 1.81. The Morgan fingerprint density at radius 2 is 1.89 bits per heavy atom. The van der Waals surface area contributed by atoms with Gasteiger partial charge in [0.1, 0.15) is 0 Å². The summed E-state index contributed by atoms with van der Waals surface area (Å²) in [5, 5.41) is 8.75. The highest BCUT2D eigenvalue weighted by molar-refractivity contribution is 5.67. The van der Waals surface area contributed by atoms with Crippen LogP contribution >= 0.6 is 0 Å². The Labute approximate surface area is 115 Å². The first-order valence-corrected chi connectivity index (χ1v) is 6.35. The van der Waals surface area contributed by atoms with Gasteiger partial charge in [0.2, 0.25) is 0 Å². The highest BCUT2D eigenvalue weighted by Crippen LogP contribution is 2.24. The van der Waals surface area contributed by atoms with Crippen LogP contribution in [0.2, 0.25) is 0 Å². The monoisotopic (exact) mass is 259 g/mol. The highest BCUT2D eigenvalue weighted by atomic mass is 16.4. The van der Waals surface area contributed by atoms with Gasteiger partial charge in [-0.3, -0.25) is 4.79 Å². The van der Waals surface area contributed by atoms with Gasteiger partial charge in [-0.15, -0.1) is 6.42 Å². The van der Waals surface area contributed by atoms with Gasteiger partial charge in [-0.25, -0.2) is 0 Å². The number of aliphatic carboxylic acids is 1. The molecular weight excluding hydrogens is 238 g/mol. The van der Waals surface area contributed by atoms with Crippen molar-refractivity contribution in [3.8, 4) is 12.3 Å². The Morgan fingerprint density at radius 3 is 2.32 bits per heavy atom. The van der Waals surface area contributed by atoms with Crippen molar-refractivity contribution >= 4 is 11.7 Å². The average Bonchev–Trinajstić information content (AvgIpc) is 2.33. The molecule has 3 nitrogen and oxygen atoms in total. The van der Waals surface area contributed by atoms with Crippen molar-refractivity contribution in [2.75, 3.05) is 18.0 Å². The van der Waals surface area contributed by atoms with Gasteiger partial charge in [0.05, 0.1) is 13.0 Å². The fraction of sp³-hybridized carbons (Fsp3) is 0.438. The maximum Gasteiger partial charge on any atom is 0.305 e. The molecule has 1 rings (SSSR count). The summed E-state index contributed by atoms with van der Waals surface area (Å²) >= 11 is 0. The molecule has 1 aromatic rings. The third-order valence-electron chi connectivity index (χ3n) is 2.98. The van der Waals surface area contributed by atoms with Crippen molar-refractivity contribution in [1.29, 1.82) is 0 Å². The first-order chi connectivity index (χ1) is 8.84. The van der Waals surface area contributed by atoms with Gasteiger partial charge in [-0.05, 0) is 23.1 Å². The van der Waals surface area contributed by atoms with E-state index in [1.54, 1.807) is 0 Å². The van der Waals surface area contributed by atoms with Crippen LogP contribution in [0.25, 0.3) is 0 Å². The van der Waals surface area contributed by atoms with Crippen molar-refractivity contribution < 1.29 is 9.90 Å².